The minimum absolute atomic E-state index is 0.167. The highest BCUT2D eigenvalue weighted by Gasteiger charge is 2.14. The van der Waals surface area contributed by atoms with Gasteiger partial charge in [-0.25, -0.2) is 15.0 Å². The van der Waals surface area contributed by atoms with E-state index in [1.54, 1.807) is 24.0 Å². The Kier molecular flexibility index (Phi) is 3.00. The monoisotopic (exact) mass is 234 g/mol. The van der Waals surface area contributed by atoms with Gasteiger partial charge < -0.3 is 4.57 Å². The van der Waals surface area contributed by atoms with Gasteiger partial charge in [-0.1, -0.05) is 11.8 Å². The third kappa shape index (κ3) is 1.96. The van der Waals surface area contributed by atoms with Crippen LogP contribution in [0.3, 0.4) is 0 Å². The molecule has 0 atom stereocenters. The molecule has 0 aromatic carbocycles. The van der Waals surface area contributed by atoms with E-state index < -0.39 is 0 Å². The fourth-order valence-electron chi connectivity index (χ4n) is 1.25. The van der Waals surface area contributed by atoms with E-state index in [1.165, 1.54) is 24.2 Å². The Morgan fingerprint density at radius 2 is 2.00 bits per heavy atom. The van der Waals surface area contributed by atoms with Crippen molar-refractivity contribution in [3.05, 3.63) is 36.2 Å². The first-order valence-electron chi connectivity index (χ1n) is 4.60. The van der Waals surface area contributed by atoms with Gasteiger partial charge in [-0.3, -0.25) is 4.79 Å². The molecule has 2 heterocycles. The van der Waals surface area contributed by atoms with E-state index in [1.807, 2.05) is 6.26 Å². The van der Waals surface area contributed by atoms with Crippen molar-refractivity contribution in [1.29, 1.82) is 0 Å². The SMILES string of the molecule is CSc1ncc(C(=O)c2nccn2C)cn1. The molecule has 5 nitrogen and oxygen atoms in total. The maximum atomic E-state index is 12.0. The fourth-order valence-corrected chi connectivity index (χ4v) is 1.57. The second-order valence-electron chi connectivity index (χ2n) is 3.15. The van der Waals surface area contributed by atoms with Crippen molar-refractivity contribution in [2.45, 2.75) is 5.16 Å². The highest BCUT2D eigenvalue weighted by atomic mass is 32.2. The van der Waals surface area contributed by atoms with E-state index in [9.17, 15) is 4.79 Å². The zero-order valence-electron chi connectivity index (χ0n) is 8.91. The van der Waals surface area contributed by atoms with Crippen LogP contribution in [0.4, 0.5) is 0 Å². The third-order valence-electron chi connectivity index (χ3n) is 2.10. The van der Waals surface area contributed by atoms with Gasteiger partial charge in [-0.2, -0.15) is 0 Å². The van der Waals surface area contributed by atoms with Gasteiger partial charge >= 0.3 is 0 Å². The Bertz CT molecular complexity index is 506. The molecule has 0 bridgehead atoms. The number of hydrogen-bond donors (Lipinski definition) is 0. The summed E-state index contributed by atoms with van der Waals surface area (Å²) in [5, 5.41) is 0.649. The van der Waals surface area contributed by atoms with Crippen LogP contribution in [0.25, 0.3) is 0 Å². The fraction of sp³-hybridized carbons (Fsp3) is 0.200. The third-order valence-corrected chi connectivity index (χ3v) is 2.67. The van der Waals surface area contributed by atoms with Gasteiger partial charge in [-0.05, 0) is 6.26 Å². The summed E-state index contributed by atoms with van der Waals surface area (Å²) in [6, 6.07) is 0. The van der Waals surface area contributed by atoms with E-state index in [0.29, 0.717) is 16.5 Å². The summed E-state index contributed by atoms with van der Waals surface area (Å²) in [6.07, 6.45) is 8.25. The predicted octanol–water partition coefficient (Wildman–Crippen LogP) is 1.16. The number of nitrogens with zero attached hydrogens (tertiary/aromatic N) is 4. The number of aryl methyl sites for hydroxylation is 1. The average molecular weight is 234 g/mol. The zero-order chi connectivity index (χ0) is 11.5. The summed E-state index contributed by atoms with van der Waals surface area (Å²) in [7, 11) is 1.78. The molecule has 0 fully saturated rings. The number of thioether (sulfide) groups is 1. The summed E-state index contributed by atoms with van der Waals surface area (Å²) in [5.74, 6) is 0.223. The number of imidazole rings is 1. The molecule has 0 saturated heterocycles. The Morgan fingerprint density at radius 1 is 1.31 bits per heavy atom. The molecule has 0 aliphatic heterocycles. The highest BCUT2D eigenvalue weighted by molar-refractivity contribution is 7.98. The predicted molar refractivity (Wildman–Crippen MR) is 60.5 cm³/mol. The Balaban J connectivity index is 2.31. The van der Waals surface area contributed by atoms with Crippen LogP contribution in [0.2, 0.25) is 0 Å². The van der Waals surface area contributed by atoms with Crippen LogP contribution in [0.1, 0.15) is 16.2 Å². The molecule has 0 saturated carbocycles. The quantitative estimate of drug-likeness (QED) is 0.453. The van der Waals surface area contributed by atoms with Crippen LogP contribution >= 0.6 is 11.8 Å². The van der Waals surface area contributed by atoms with Crippen molar-refractivity contribution in [1.82, 2.24) is 19.5 Å². The molecule has 2 rings (SSSR count). The minimum atomic E-state index is -0.167. The van der Waals surface area contributed by atoms with Gasteiger partial charge in [0, 0.05) is 31.8 Å². The maximum absolute atomic E-state index is 12.0. The highest BCUT2D eigenvalue weighted by Crippen LogP contribution is 2.09. The number of carbonyl (C=O) groups excluding carboxylic acids is 1. The van der Waals surface area contributed by atoms with E-state index >= 15 is 0 Å². The van der Waals surface area contributed by atoms with Gasteiger partial charge in [0.25, 0.3) is 0 Å². The molecule has 82 valence electrons. The molecular formula is C10H10N4OS. The summed E-state index contributed by atoms with van der Waals surface area (Å²) in [5.41, 5.74) is 0.451. The average Bonchev–Trinajstić information content (AvgIpc) is 2.75. The van der Waals surface area contributed by atoms with Gasteiger partial charge in [0.2, 0.25) is 5.78 Å². The summed E-state index contributed by atoms with van der Waals surface area (Å²) in [6.45, 7) is 0. The zero-order valence-corrected chi connectivity index (χ0v) is 9.73. The molecule has 0 N–H and O–H groups in total. The van der Waals surface area contributed by atoms with Crippen LogP contribution in [0, 0.1) is 0 Å². The molecule has 16 heavy (non-hydrogen) atoms. The molecule has 0 unspecified atom stereocenters. The molecule has 0 spiro atoms. The van der Waals surface area contributed by atoms with Gasteiger partial charge in [-0.15, -0.1) is 0 Å². The van der Waals surface area contributed by atoms with Crippen LogP contribution in [-0.4, -0.2) is 31.6 Å². The lowest BCUT2D eigenvalue weighted by atomic mass is 10.2. The van der Waals surface area contributed by atoms with Gasteiger partial charge in [0.15, 0.2) is 11.0 Å². The molecule has 0 aliphatic rings. The lowest BCUT2D eigenvalue weighted by Gasteiger charge is -2.00. The first kappa shape index (κ1) is 10.8. The Hall–Kier alpha value is -1.69. The summed E-state index contributed by atoms with van der Waals surface area (Å²) in [4.78, 5) is 24.0. The molecule has 6 heteroatoms. The second kappa shape index (κ2) is 4.44. The van der Waals surface area contributed by atoms with Crippen molar-refractivity contribution in [3.63, 3.8) is 0 Å². The molecular weight excluding hydrogens is 224 g/mol. The van der Waals surface area contributed by atoms with Gasteiger partial charge in [0.1, 0.15) is 0 Å². The second-order valence-corrected chi connectivity index (χ2v) is 3.92. The van der Waals surface area contributed by atoms with Crippen molar-refractivity contribution < 1.29 is 4.79 Å². The Labute approximate surface area is 96.9 Å². The van der Waals surface area contributed by atoms with E-state index in [4.69, 9.17) is 0 Å². The number of hydrogen-bond acceptors (Lipinski definition) is 5. The molecule has 0 aliphatic carbocycles. The topological polar surface area (TPSA) is 60.7 Å². The number of ketones is 1. The van der Waals surface area contributed by atoms with E-state index in [0.717, 1.165) is 0 Å². The molecule has 0 radical (unpaired) electrons. The summed E-state index contributed by atoms with van der Waals surface area (Å²) < 4.78 is 1.67. The first-order chi connectivity index (χ1) is 7.72. The minimum Gasteiger partial charge on any atom is -0.331 e. The largest absolute Gasteiger partial charge is 0.331 e. The smallest absolute Gasteiger partial charge is 0.231 e. The van der Waals surface area contributed by atoms with Gasteiger partial charge in [0.05, 0.1) is 5.56 Å². The van der Waals surface area contributed by atoms with Crippen LogP contribution < -0.4 is 0 Å². The normalized spacial score (nSPS) is 10.4. The number of aromatic nitrogens is 4. The van der Waals surface area contributed by atoms with Crippen LogP contribution in [0.15, 0.2) is 29.9 Å². The lowest BCUT2D eigenvalue weighted by molar-refractivity contribution is 0.102. The van der Waals surface area contributed by atoms with Crippen molar-refractivity contribution >= 4 is 17.5 Å². The molecule has 2 aromatic rings. The van der Waals surface area contributed by atoms with Crippen LogP contribution in [-0.2, 0) is 7.05 Å². The van der Waals surface area contributed by atoms with E-state index in [2.05, 4.69) is 15.0 Å². The number of rotatable bonds is 3. The lowest BCUT2D eigenvalue weighted by Crippen LogP contribution is -2.09. The maximum Gasteiger partial charge on any atom is 0.231 e. The van der Waals surface area contributed by atoms with E-state index in [-0.39, 0.29) is 5.78 Å². The van der Waals surface area contributed by atoms with Crippen molar-refractivity contribution in [2.75, 3.05) is 6.26 Å². The molecule has 2 aromatic heterocycles. The van der Waals surface area contributed by atoms with Crippen LogP contribution in [0.5, 0.6) is 0 Å². The molecule has 0 amide bonds. The number of carbonyl (C=O) groups is 1. The summed E-state index contributed by atoms with van der Waals surface area (Å²) >= 11 is 1.44. The van der Waals surface area contributed by atoms with Crippen molar-refractivity contribution in [2.24, 2.45) is 7.05 Å². The first-order valence-corrected chi connectivity index (χ1v) is 5.83. The Morgan fingerprint density at radius 3 is 2.50 bits per heavy atom. The standard InChI is InChI=1S/C10H10N4OS/c1-14-4-3-11-9(14)8(15)7-5-12-10(16-2)13-6-7/h3-6H,1-2H3. The van der Waals surface area contributed by atoms with Crippen molar-refractivity contribution in [3.8, 4) is 0 Å².